The zero-order valence-electron chi connectivity index (χ0n) is 12.8. The molecule has 0 unspecified atom stereocenters. The van der Waals surface area contributed by atoms with Crippen molar-refractivity contribution >= 4 is 28.6 Å². The van der Waals surface area contributed by atoms with Crippen molar-refractivity contribution < 1.29 is 4.79 Å². The van der Waals surface area contributed by atoms with Gasteiger partial charge in [-0.3, -0.25) is 9.69 Å². The lowest BCUT2D eigenvalue weighted by atomic mass is 9.97. The molecule has 3 rings (SSSR count). The van der Waals surface area contributed by atoms with E-state index in [1.165, 1.54) is 29.1 Å². The molecule has 0 spiro atoms. The van der Waals surface area contributed by atoms with Gasteiger partial charge in [-0.15, -0.1) is 22.7 Å². The fourth-order valence-electron chi connectivity index (χ4n) is 2.91. The Balaban J connectivity index is 1.65. The summed E-state index contributed by atoms with van der Waals surface area (Å²) in [5.74, 6) is 0.864. The fraction of sp³-hybridized carbons (Fsp3) is 0.471. The molecule has 0 bridgehead atoms. The predicted octanol–water partition coefficient (Wildman–Crippen LogP) is 4.01. The van der Waals surface area contributed by atoms with Gasteiger partial charge in [0.15, 0.2) is 0 Å². The number of carbonyl (C=O) groups is 1. The van der Waals surface area contributed by atoms with E-state index >= 15 is 0 Å². The Morgan fingerprint density at radius 3 is 2.64 bits per heavy atom. The van der Waals surface area contributed by atoms with Gasteiger partial charge in [0.25, 0.3) is 5.91 Å². The van der Waals surface area contributed by atoms with Crippen molar-refractivity contribution in [2.45, 2.75) is 25.8 Å². The summed E-state index contributed by atoms with van der Waals surface area (Å²) in [6, 6.07) is 8.38. The van der Waals surface area contributed by atoms with E-state index in [4.69, 9.17) is 0 Å². The number of nitrogens with zero attached hydrogens (tertiary/aromatic N) is 1. The van der Waals surface area contributed by atoms with Crippen LogP contribution >= 0.6 is 22.7 Å². The SMILES string of the molecule is CC1CCN([C@@H](CNC(=O)c2cccs2)c2cccs2)CC1. The second kappa shape index (κ2) is 7.40. The van der Waals surface area contributed by atoms with Crippen LogP contribution in [0.1, 0.15) is 40.4 Å². The summed E-state index contributed by atoms with van der Waals surface area (Å²) in [6.07, 6.45) is 2.50. The molecule has 0 aliphatic carbocycles. The Morgan fingerprint density at radius 1 is 1.27 bits per heavy atom. The van der Waals surface area contributed by atoms with Gasteiger partial charge in [0.05, 0.1) is 10.9 Å². The van der Waals surface area contributed by atoms with Crippen LogP contribution in [0, 0.1) is 5.92 Å². The van der Waals surface area contributed by atoms with Gasteiger partial charge in [0.1, 0.15) is 0 Å². The first-order valence-corrected chi connectivity index (χ1v) is 9.59. The highest BCUT2D eigenvalue weighted by molar-refractivity contribution is 7.12. The van der Waals surface area contributed by atoms with E-state index in [9.17, 15) is 4.79 Å². The third-order valence-corrected chi connectivity index (χ3v) is 6.17. The lowest BCUT2D eigenvalue weighted by Gasteiger charge is -2.36. The van der Waals surface area contributed by atoms with E-state index in [2.05, 4.69) is 34.7 Å². The highest BCUT2D eigenvalue weighted by atomic mass is 32.1. The van der Waals surface area contributed by atoms with Gasteiger partial charge in [-0.05, 0) is 54.7 Å². The number of hydrogen-bond acceptors (Lipinski definition) is 4. The number of nitrogens with one attached hydrogen (secondary N) is 1. The molecule has 1 saturated heterocycles. The van der Waals surface area contributed by atoms with Crippen LogP contribution in [-0.4, -0.2) is 30.4 Å². The highest BCUT2D eigenvalue weighted by Gasteiger charge is 2.25. The molecule has 1 amide bonds. The van der Waals surface area contributed by atoms with E-state index in [1.807, 2.05) is 17.5 Å². The largest absolute Gasteiger partial charge is 0.349 e. The van der Waals surface area contributed by atoms with Gasteiger partial charge < -0.3 is 5.32 Å². The minimum atomic E-state index is 0.0435. The number of thiophene rings is 2. The van der Waals surface area contributed by atoms with Crippen molar-refractivity contribution in [3.05, 3.63) is 44.8 Å². The number of rotatable bonds is 5. The highest BCUT2D eigenvalue weighted by Crippen LogP contribution is 2.29. The van der Waals surface area contributed by atoms with Gasteiger partial charge in [0, 0.05) is 11.4 Å². The van der Waals surface area contributed by atoms with Crippen molar-refractivity contribution in [2.24, 2.45) is 5.92 Å². The Labute approximate surface area is 140 Å². The molecular weight excluding hydrogens is 312 g/mol. The predicted molar refractivity (Wildman–Crippen MR) is 93.7 cm³/mol. The first-order valence-electron chi connectivity index (χ1n) is 7.83. The maximum Gasteiger partial charge on any atom is 0.261 e. The normalized spacial score (nSPS) is 18.2. The first-order chi connectivity index (χ1) is 10.7. The van der Waals surface area contributed by atoms with Crippen LogP contribution in [0.25, 0.3) is 0 Å². The van der Waals surface area contributed by atoms with Crippen LogP contribution in [0.15, 0.2) is 35.0 Å². The Bertz CT molecular complexity index is 572. The molecule has 1 atom stereocenters. The summed E-state index contributed by atoms with van der Waals surface area (Å²) in [5, 5.41) is 7.18. The fourth-order valence-corrected chi connectivity index (χ4v) is 4.42. The molecule has 0 radical (unpaired) electrons. The first kappa shape index (κ1) is 15.7. The molecule has 1 N–H and O–H groups in total. The minimum absolute atomic E-state index is 0.0435. The molecule has 0 saturated carbocycles. The summed E-state index contributed by atoms with van der Waals surface area (Å²) in [7, 11) is 0. The molecule has 3 heterocycles. The lowest BCUT2D eigenvalue weighted by molar-refractivity contribution is 0.0919. The van der Waals surface area contributed by atoms with Crippen LogP contribution < -0.4 is 5.32 Å². The zero-order valence-corrected chi connectivity index (χ0v) is 14.5. The molecule has 1 aliphatic heterocycles. The smallest absolute Gasteiger partial charge is 0.261 e. The van der Waals surface area contributed by atoms with Crippen molar-refractivity contribution in [1.82, 2.24) is 10.2 Å². The quantitative estimate of drug-likeness (QED) is 0.896. The average molecular weight is 335 g/mol. The number of amides is 1. The standard InChI is InChI=1S/C17H22N2OS2/c1-13-6-8-19(9-7-13)14(15-4-2-10-21-15)12-18-17(20)16-5-3-11-22-16/h2-5,10-11,13-14H,6-9,12H2,1H3,(H,18,20)/t14-/m0/s1. The van der Waals surface area contributed by atoms with Gasteiger partial charge in [-0.1, -0.05) is 19.1 Å². The van der Waals surface area contributed by atoms with Crippen LogP contribution in [0.2, 0.25) is 0 Å². The van der Waals surface area contributed by atoms with Gasteiger partial charge >= 0.3 is 0 Å². The maximum atomic E-state index is 12.2. The summed E-state index contributed by atoms with van der Waals surface area (Å²) in [5.41, 5.74) is 0. The van der Waals surface area contributed by atoms with E-state index < -0.39 is 0 Å². The molecule has 1 aliphatic rings. The molecule has 2 aromatic rings. The second-order valence-corrected chi connectivity index (χ2v) is 7.86. The van der Waals surface area contributed by atoms with Crippen LogP contribution in [0.3, 0.4) is 0 Å². The van der Waals surface area contributed by atoms with Gasteiger partial charge in [-0.2, -0.15) is 0 Å². The van der Waals surface area contributed by atoms with E-state index in [-0.39, 0.29) is 5.91 Å². The van der Waals surface area contributed by atoms with Crippen LogP contribution in [-0.2, 0) is 0 Å². The number of piperidine rings is 1. The molecule has 0 aromatic carbocycles. The monoisotopic (exact) mass is 334 g/mol. The molecule has 1 fully saturated rings. The molecule has 22 heavy (non-hydrogen) atoms. The number of likely N-dealkylation sites (tertiary alicyclic amines) is 1. The molecule has 5 heteroatoms. The molecule has 2 aromatic heterocycles. The number of hydrogen-bond donors (Lipinski definition) is 1. The molecule has 118 valence electrons. The average Bonchev–Trinajstić information content (AvgIpc) is 3.22. The van der Waals surface area contributed by atoms with Crippen molar-refractivity contribution in [2.75, 3.05) is 19.6 Å². The topological polar surface area (TPSA) is 32.3 Å². The summed E-state index contributed by atoms with van der Waals surface area (Å²) >= 11 is 3.28. The van der Waals surface area contributed by atoms with Crippen LogP contribution in [0.5, 0.6) is 0 Å². The van der Waals surface area contributed by atoms with Gasteiger partial charge in [-0.25, -0.2) is 0 Å². The maximum absolute atomic E-state index is 12.2. The van der Waals surface area contributed by atoms with Crippen molar-refractivity contribution in [3.8, 4) is 0 Å². The minimum Gasteiger partial charge on any atom is -0.349 e. The van der Waals surface area contributed by atoms with E-state index in [0.29, 0.717) is 12.6 Å². The summed E-state index contributed by atoms with van der Waals surface area (Å²) in [6.45, 7) is 5.26. The van der Waals surface area contributed by atoms with Crippen LogP contribution in [0.4, 0.5) is 0 Å². The Kier molecular flexibility index (Phi) is 5.28. The van der Waals surface area contributed by atoms with Crippen molar-refractivity contribution in [1.29, 1.82) is 0 Å². The lowest BCUT2D eigenvalue weighted by Crippen LogP contribution is -2.41. The third-order valence-electron chi connectivity index (χ3n) is 4.33. The molecule has 3 nitrogen and oxygen atoms in total. The third kappa shape index (κ3) is 3.77. The van der Waals surface area contributed by atoms with E-state index in [1.54, 1.807) is 11.3 Å². The zero-order chi connectivity index (χ0) is 15.4. The Morgan fingerprint density at radius 2 is 2.00 bits per heavy atom. The number of carbonyl (C=O) groups excluding carboxylic acids is 1. The van der Waals surface area contributed by atoms with Gasteiger partial charge in [0.2, 0.25) is 0 Å². The Hall–Kier alpha value is -1.17. The summed E-state index contributed by atoms with van der Waals surface area (Å²) in [4.78, 5) is 16.9. The van der Waals surface area contributed by atoms with E-state index in [0.717, 1.165) is 23.9 Å². The molecular formula is C17H22N2OS2. The second-order valence-electron chi connectivity index (χ2n) is 5.94. The summed E-state index contributed by atoms with van der Waals surface area (Å²) < 4.78 is 0. The van der Waals surface area contributed by atoms with Crippen molar-refractivity contribution in [3.63, 3.8) is 0 Å².